The number of nitriles is 1. The molecule has 0 aliphatic rings. The van der Waals surface area contributed by atoms with Gasteiger partial charge in [-0.2, -0.15) is 5.26 Å². The average Bonchev–Trinajstić information content (AvgIpc) is 2.03. The van der Waals surface area contributed by atoms with Gasteiger partial charge in [0, 0.05) is 11.8 Å². The van der Waals surface area contributed by atoms with Crippen molar-refractivity contribution in [1.82, 2.24) is 4.57 Å². The number of pyridine rings is 1. The lowest BCUT2D eigenvalue weighted by Gasteiger charge is -2.07. The summed E-state index contributed by atoms with van der Waals surface area (Å²) in [5, 5.41) is 8.66. The molecule has 1 aromatic heterocycles. The van der Waals surface area contributed by atoms with Crippen LogP contribution in [-0.4, -0.2) is 4.57 Å². The Bertz CT molecular complexity index is 371. The number of hydrogen-bond acceptors (Lipinski definition) is 2. The second-order valence-corrected chi connectivity index (χ2v) is 2.88. The smallest absolute Gasteiger partial charge is 0.263 e. The van der Waals surface area contributed by atoms with Crippen LogP contribution in [0.2, 0.25) is 0 Å². The van der Waals surface area contributed by atoms with Gasteiger partial charge in [-0.25, -0.2) is 4.57 Å². The maximum absolute atomic E-state index is 11.1. The molecular weight excluding hydrogens is 152 g/mol. The molecule has 0 amide bonds. The van der Waals surface area contributed by atoms with Crippen molar-refractivity contribution in [3.8, 4) is 6.19 Å². The van der Waals surface area contributed by atoms with Crippen LogP contribution in [0.1, 0.15) is 25.5 Å². The van der Waals surface area contributed by atoms with E-state index >= 15 is 0 Å². The molecule has 12 heavy (non-hydrogen) atoms. The molecule has 0 radical (unpaired) electrons. The van der Waals surface area contributed by atoms with Gasteiger partial charge in [-0.1, -0.05) is 19.9 Å². The van der Waals surface area contributed by atoms with Crippen molar-refractivity contribution >= 4 is 0 Å². The summed E-state index contributed by atoms with van der Waals surface area (Å²) in [6.45, 7) is 3.89. The van der Waals surface area contributed by atoms with Crippen LogP contribution in [0.4, 0.5) is 0 Å². The fourth-order valence-corrected chi connectivity index (χ4v) is 1.06. The predicted molar refractivity (Wildman–Crippen MR) is 45.8 cm³/mol. The van der Waals surface area contributed by atoms with Gasteiger partial charge in [-0.3, -0.25) is 4.79 Å². The lowest BCUT2D eigenvalue weighted by Crippen LogP contribution is -2.19. The van der Waals surface area contributed by atoms with E-state index in [1.807, 2.05) is 20.0 Å². The zero-order valence-electron chi connectivity index (χ0n) is 7.11. The average molecular weight is 162 g/mol. The molecular formula is C9H10N2O. The Morgan fingerprint density at radius 2 is 2.17 bits per heavy atom. The van der Waals surface area contributed by atoms with Crippen molar-refractivity contribution in [3.63, 3.8) is 0 Å². The van der Waals surface area contributed by atoms with E-state index in [-0.39, 0.29) is 11.5 Å². The van der Waals surface area contributed by atoms with Crippen LogP contribution in [0.5, 0.6) is 0 Å². The van der Waals surface area contributed by atoms with E-state index in [1.54, 1.807) is 12.1 Å². The van der Waals surface area contributed by atoms with Gasteiger partial charge in [0.25, 0.3) is 5.56 Å². The van der Waals surface area contributed by atoms with Gasteiger partial charge in [0.05, 0.1) is 0 Å². The van der Waals surface area contributed by atoms with Crippen LogP contribution in [0, 0.1) is 11.5 Å². The maximum Gasteiger partial charge on any atom is 0.263 e. The van der Waals surface area contributed by atoms with Gasteiger partial charge in [0.15, 0.2) is 6.19 Å². The lowest BCUT2D eigenvalue weighted by molar-refractivity contribution is 0.765. The molecule has 0 saturated carbocycles. The van der Waals surface area contributed by atoms with Gasteiger partial charge >= 0.3 is 0 Å². The first-order valence-electron chi connectivity index (χ1n) is 3.79. The maximum atomic E-state index is 11.1. The van der Waals surface area contributed by atoms with E-state index < -0.39 is 0 Å². The summed E-state index contributed by atoms with van der Waals surface area (Å²) in [6.07, 6.45) is 1.85. The van der Waals surface area contributed by atoms with Crippen molar-refractivity contribution < 1.29 is 0 Å². The summed E-state index contributed by atoms with van der Waals surface area (Å²) in [7, 11) is 0. The molecule has 0 N–H and O–H groups in total. The minimum Gasteiger partial charge on any atom is -0.268 e. The zero-order valence-corrected chi connectivity index (χ0v) is 7.11. The Hall–Kier alpha value is -1.56. The van der Waals surface area contributed by atoms with Crippen molar-refractivity contribution in [2.45, 2.75) is 19.8 Å². The van der Waals surface area contributed by atoms with Gasteiger partial charge in [-0.15, -0.1) is 0 Å². The Morgan fingerprint density at radius 3 is 2.58 bits per heavy atom. The number of rotatable bonds is 1. The second kappa shape index (κ2) is 3.22. The summed E-state index contributed by atoms with van der Waals surface area (Å²) in [5.74, 6) is 0.193. The van der Waals surface area contributed by atoms with Crippen molar-refractivity contribution in [2.24, 2.45) is 0 Å². The summed E-state index contributed by atoms with van der Waals surface area (Å²) in [6, 6.07) is 4.84. The molecule has 1 aromatic rings. The first kappa shape index (κ1) is 8.54. The third-order valence-electron chi connectivity index (χ3n) is 1.68. The van der Waals surface area contributed by atoms with Crippen LogP contribution >= 0.6 is 0 Å². The van der Waals surface area contributed by atoms with Crippen molar-refractivity contribution in [3.05, 3.63) is 34.2 Å². The molecule has 0 bridgehead atoms. The minimum atomic E-state index is -0.260. The fourth-order valence-electron chi connectivity index (χ4n) is 1.06. The Kier molecular flexibility index (Phi) is 2.29. The van der Waals surface area contributed by atoms with Crippen molar-refractivity contribution in [2.75, 3.05) is 0 Å². The number of aromatic nitrogens is 1. The van der Waals surface area contributed by atoms with Gasteiger partial charge in [-0.05, 0) is 12.0 Å². The van der Waals surface area contributed by atoms with E-state index in [2.05, 4.69) is 0 Å². The molecule has 0 fully saturated rings. The van der Waals surface area contributed by atoms with Crippen LogP contribution in [0.25, 0.3) is 0 Å². The largest absolute Gasteiger partial charge is 0.268 e. The molecule has 3 heteroatoms. The topological polar surface area (TPSA) is 45.8 Å². The van der Waals surface area contributed by atoms with E-state index in [4.69, 9.17) is 5.26 Å². The standard InChI is InChI=1S/C9H10N2O/c1-7(2)8-4-3-5-9(12)11(8)6-10/h3-5,7H,1-2H3. The highest BCUT2D eigenvalue weighted by Crippen LogP contribution is 2.10. The van der Waals surface area contributed by atoms with Crippen LogP contribution in [0.15, 0.2) is 23.0 Å². The lowest BCUT2D eigenvalue weighted by atomic mass is 10.1. The first-order chi connectivity index (χ1) is 5.66. The van der Waals surface area contributed by atoms with Crippen LogP contribution < -0.4 is 5.56 Å². The number of hydrogen-bond donors (Lipinski definition) is 0. The predicted octanol–water partition coefficient (Wildman–Crippen LogP) is 1.30. The highest BCUT2D eigenvalue weighted by atomic mass is 16.1. The normalized spacial score (nSPS) is 9.83. The zero-order chi connectivity index (χ0) is 9.14. The van der Waals surface area contributed by atoms with E-state index in [1.165, 1.54) is 6.07 Å². The molecule has 0 aliphatic carbocycles. The fraction of sp³-hybridized carbons (Fsp3) is 0.333. The molecule has 1 rings (SSSR count). The van der Waals surface area contributed by atoms with Gasteiger partial charge in [0.2, 0.25) is 0 Å². The summed E-state index contributed by atoms with van der Waals surface area (Å²) in [5.41, 5.74) is 0.494. The Morgan fingerprint density at radius 1 is 1.50 bits per heavy atom. The molecule has 0 atom stereocenters. The molecule has 3 nitrogen and oxygen atoms in total. The van der Waals surface area contributed by atoms with Crippen LogP contribution in [-0.2, 0) is 0 Å². The SMILES string of the molecule is CC(C)c1cccc(=O)n1C#N. The summed E-state index contributed by atoms with van der Waals surface area (Å²) in [4.78, 5) is 11.1. The molecule has 0 saturated heterocycles. The highest BCUT2D eigenvalue weighted by molar-refractivity contribution is 5.14. The van der Waals surface area contributed by atoms with E-state index in [0.717, 1.165) is 10.3 Å². The molecule has 0 unspecified atom stereocenters. The third-order valence-corrected chi connectivity index (χ3v) is 1.68. The summed E-state index contributed by atoms with van der Waals surface area (Å²) >= 11 is 0. The molecule has 0 spiro atoms. The third kappa shape index (κ3) is 1.37. The molecule has 0 aliphatic heterocycles. The molecule has 1 heterocycles. The van der Waals surface area contributed by atoms with Crippen molar-refractivity contribution in [1.29, 1.82) is 5.26 Å². The van der Waals surface area contributed by atoms with E-state index in [9.17, 15) is 4.79 Å². The summed E-state index contributed by atoms with van der Waals surface area (Å²) < 4.78 is 1.12. The van der Waals surface area contributed by atoms with E-state index in [0.29, 0.717) is 0 Å². The quantitative estimate of drug-likeness (QED) is 0.624. The number of nitrogens with zero attached hydrogens (tertiary/aromatic N) is 2. The Labute approximate surface area is 70.9 Å². The minimum absolute atomic E-state index is 0.193. The monoisotopic (exact) mass is 162 g/mol. The van der Waals surface area contributed by atoms with Gasteiger partial charge in [0.1, 0.15) is 0 Å². The van der Waals surface area contributed by atoms with Crippen LogP contribution in [0.3, 0.4) is 0 Å². The van der Waals surface area contributed by atoms with Gasteiger partial charge < -0.3 is 0 Å². The second-order valence-electron chi connectivity index (χ2n) is 2.88. The first-order valence-corrected chi connectivity index (χ1v) is 3.79. The highest BCUT2D eigenvalue weighted by Gasteiger charge is 2.05. The molecule has 62 valence electrons. The molecule has 0 aromatic carbocycles. The Balaban J connectivity index is 3.41.